The molecule has 3 aromatic rings. The number of hydroxylamine groups is 2. The van der Waals surface area contributed by atoms with Gasteiger partial charge in [-0.2, -0.15) is 0 Å². The highest BCUT2D eigenvalue weighted by atomic mass is 16.6. The normalized spacial score (nSPS) is 16.1. The maximum Gasteiger partial charge on any atom is 0.338 e. The maximum absolute atomic E-state index is 13.6. The van der Waals surface area contributed by atoms with Gasteiger partial charge < -0.3 is 14.2 Å². The number of benzene rings is 3. The van der Waals surface area contributed by atoms with E-state index < -0.39 is 35.1 Å². The first kappa shape index (κ1) is 32.4. The van der Waals surface area contributed by atoms with E-state index in [2.05, 4.69) is 13.2 Å². The Labute approximate surface area is 258 Å². The van der Waals surface area contributed by atoms with Crippen LogP contribution in [0.3, 0.4) is 0 Å². The number of esters is 3. The van der Waals surface area contributed by atoms with E-state index in [4.69, 9.17) is 14.2 Å². The molecule has 0 atom stereocenters. The Morgan fingerprint density at radius 1 is 0.682 bits per heavy atom. The van der Waals surface area contributed by atoms with Gasteiger partial charge in [0.05, 0.1) is 5.56 Å². The average molecular weight is 597 g/mol. The lowest BCUT2D eigenvalue weighted by molar-refractivity contribution is -0.298. The first-order valence-electron chi connectivity index (χ1n) is 14.4. The number of hydrogen-bond donors (Lipinski definition) is 0. The molecule has 8 nitrogen and oxygen atoms in total. The zero-order chi connectivity index (χ0) is 32.4. The van der Waals surface area contributed by atoms with E-state index in [0.717, 1.165) is 27.3 Å². The van der Waals surface area contributed by atoms with Gasteiger partial charge in [0.15, 0.2) is 0 Å². The minimum atomic E-state index is -0.690. The molecule has 4 rings (SSSR count). The van der Waals surface area contributed by atoms with Gasteiger partial charge in [-0.25, -0.2) is 14.4 Å². The van der Waals surface area contributed by atoms with E-state index in [1.807, 2.05) is 33.8 Å². The lowest BCUT2D eigenvalue weighted by Crippen LogP contribution is -2.60. The fraction of sp³-hybridized carbons (Fsp3) is 0.306. The molecule has 44 heavy (non-hydrogen) atoms. The van der Waals surface area contributed by atoms with E-state index in [-0.39, 0.29) is 11.1 Å². The Balaban J connectivity index is 1.68. The Kier molecular flexibility index (Phi) is 9.27. The van der Waals surface area contributed by atoms with Crippen LogP contribution in [0.4, 0.5) is 0 Å². The monoisotopic (exact) mass is 596 g/mol. The lowest BCUT2D eigenvalue weighted by atomic mass is 9.80. The molecule has 229 valence electrons. The van der Waals surface area contributed by atoms with Gasteiger partial charge in [-0.1, -0.05) is 37.4 Å². The minimum Gasteiger partial charge on any atom is -0.459 e. The number of piperidine rings is 1. The van der Waals surface area contributed by atoms with Crippen LogP contribution in [-0.2, 0) is 19.5 Å². The topological polar surface area (TPSA) is 102 Å². The minimum absolute atomic E-state index is 0.290. The van der Waals surface area contributed by atoms with Crippen molar-refractivity contribution in [2.75, 3.05) is 0 Å². The summed E-state index contributed by atoms with van der Waals surface area (Å²) in [4.78, 5) is 37.5. The third-order valence-corrected chi connectivity index (χ3v) is 7.49. The molecule has 1 heterocycles. The van der Waals surface area contributed by atoms with E-state index >= 15 is 0 Å². The largest absolute Gasteiger partial charge is 0.459 e. The molecule has 0 unspecified atom stereocenters. The third kappa shape index (κ3) is 7.51. The van der Waals surface area contributed by atoms with Gasteiger partial charge in [0.2, 0.25) is 0 Å². The van der Waals surface area contributed by atoms with Gasteiger partial charge in [0, 0.05) is 35.1 Å². The number of ether oxygens (including phenoxy) is 3. The molecule has 1 saturated heterocycles. The molecular formula is C36H38NO7. The molecule has 1 aliphatic rings. The first-order valence-corrected chi connectivity index (χ1v) is 14.4. The molecule has 0 saturated carbocycles. The fourth-order valence-electron chi connectivity index (χ4n) is 5.37. The quantitative estimate of drug-likeness (QED) is 0.151. The lowest BCUT2D eigenvalue weighted by Gasteiger charge is -2.49. The summed E-state index contributed by atoms with van der Waals surface area (Å²) in [5.74, 6) is -0.796. The predicted octanol–water partition coefficient (Wildman–Crippen LogP) is 7.51. The van der Waals surface area contributed by atoms with Crippen molar-refractivity contribution in [3.8, 4) is 33.8 Å². The fourth-order valence-corrected chi connectivity index (χ4v) is 5.37. The van der Waals surface area contributed by atoms with Crippen molar-refractivity contribution in [3.05, 3.63) is 96.6 Å². The summed E-state index contributed by atoms with van der Waals surface area (Å²) in [7, 11) is 0. The van der Waals surface area contributed by atoms with Gasteiger partial charge in [-0.15, -0.1) is 10.3 Å². The molecule has 8 heteroatoms. The zero-order valence-electron chi connectivity index (χ0n) is 26.1. The third-order valence-electron chi connectivity index (χ3n) is 7.49. The Bertz CT molecular complexity index is 1490. The van der Waals surface area contributed by atoms with Crippen molar-refractivity contribution in [2.45, 2.75) is 71.6 Å². The van der Waals surface area contributed by atoms with Crippen LogP contribution < -0.4 is 9.47 Å². The first-order chi connectivity index (χ1) is 20.6. The molecule has 0 aromatic heterocycles. The number of carbonyl (C=O) groups is 3. The highest BCUT2D eigenvalue weighted by Gasteiger charge is 2.47. The summed E-state index contributed by atoms with van der Waals surface area (Å²) in [6, 6.07) is 19.3. The van der Waals surface area contributed by atoms with Crippen LogP contribution in [0.5, 0.6) is 11.5 Å². The van der Waals surface area contributed by atoms with Crippen LogP contribution in [0.2, 0.25) is 0 Å². The van der Waals surface area contributed by atoms with Crippen molar-refractivity contribution in [1.82, 2.24) is 5.06 Å². The van der Waals surface area contributed by atoms with Crippen molar-refractivity contribution in [2.24, 2.45) is 0 Å². The van der Waals surface area contributed by atoms with Crippen LogP contribution in [0, 0.1) is 0 Å². The molecule has 1 fully saturated rings. The second-order valence-corrected chi connectivity index (χ2v) is 12.5. The predicted molar refractivity (Wildman–Crippen MR) is 167 cm³/mol. The Morgan fingerprint density at radius 3 is 1.43 bits per heavy atom. The summed E-state index contributed by atoms with van der Waals surface area (Å²) >= 11 is 0. The molecular weight excluding hydrogens is 558 g/mol. The molecule has 1 radical (unpaired) electrons. The van der Waals surface area contributed by atoms with Crippen molar-refractivity contribution in [1.29, 1.82) is 0 Å². The van der Waals surface area contributed by atoms with Gasteiger partial charge in [-0.3, -0.25) is 0 Å². The highest BCUT2D eigenvalue weighted by Crippen LogP contribution is 2.39. The van der Waals surface area contributed by atoms with Gasteiger partial charge in [0.1, 0.15) is 17.6 Å². The van der Waals surface area contributed by atoms with Crippen molar-refractivity contribution in [3.63, 3.8) is 0 Å². The summed E-state index contributed by atoms with van der Waals surface area (Å²) < 4.78 is 16.7. The van der Waals surface area contributed by atoms with Crippen LogP contribution >= 0.6 is 0 Å². The summed E-state index contributed by atoms with van der Waals surface area (Å²) in [6.45, 7) is 17.8. The second kappa shape index (κ2) is 12.6. The average Bonchev–Trinajstić information content (AvgIpc) is 2.96. The number of hydrogen-bond acceptors (Lipinski definition) is 7. The maximum atomic E-state index is 13.6. The number of nitrogens with zero attached hydrogens (tertiary/aromatic N) is 1. The molecule has 0 N–H and O–H groups in total. The van der Waals surface area contributed by atoms with Gasteiger partial charge >= 0.3 is 17.9 Å². The summed E-state index contributed by atoms with van der Waals surface area (Å²) in [5.41, 5.74) is 2.58. The van der Waals surface area contributed by atoms with Crippen LogP contribution in [0.1, 0.15) is 64.7 Å². The summed E-state index contributed by atoms with van der Waals surface area (Å²) in [5, 5.41) is 13.9. The molecule has 0 spiro atoms. The van der Waals surface area contributed by atoms with E-state index in [1.54, 1.807) is 74.5 Å². The molecule has 1 aliphatic heterocycles. The number of rotatable bonds is 8. The zero-order valence-corrected chi connectivity index (χ0v) is 26.1. The smallest absolute Gasteiger partial charge is 0.338 e. The van der Waals surface area contributed by atoms with Crippen LogP contribution in [0.25, 0.3) is 22.3 Å². The number of carbonyl (C=O) groups excluding carboxylic acids is 3. The van der Waals surface area contributed by atoms with Gasteiger partial charge in [-0.05, 0) is 106 Å². The highest BCUT2D eigenvalue weighted by molar-refractivity contribution is 5.94. The SMILES string of the molecule is C=C(C)C(=O)Oc1ccc(-c2cc(C(=O)OC3CC(C)(C)N([O])C(C)(C)C3)cc(-c3ccc(OC(=O)C(=C)C)cc3)c2)cc1. The second-order valence-electron chi connectivity index (χ2n) is 12.5. The molecule has 0 bridgehead atoms. The molecule has 3 aromatic carbocycles. The van der Waals surface area contributed by atoms with E-state index in [0.29, 0.717) is 29.9 Å². The van der Waals surface area contributed by atoms with E-state index in [1.165, 1.54) is 0 Å². The van der Waals surface area contributed by atoms with Crippen LogP contribution in [0.15, 0.2) is 91.0 Å². The van der Waals surface area contributed by atoms with E-state index in [9.17, 15) is 19.6 Å². The van der Waals surface area contributed by atoms with Gasteiger partial charge in [0.25, 0.3) is 0 Å². The standard InChI is InChI=1S/C36H38NO7/c1-22(2)32(38)42-29-13-9-24(10-14-29)26-17-27(25-11-15-30(16-12-25)43-33(39)23(3)4)19-28(18-26)34(40)44-31-20-35(5,6)37(41)36(7,8)21-31/h9-19,31H,1,3,20-21H2,2,4-8H3. The van der Waals surface area contributed by atoms with Crippen molar-refractivity contribution < 1.29 is 33.8 Å². The molecule has 0 amide bonds. The van der Waals surface area contributed by atoms with Crippen molar-refractivity contribution >= 4 is 17.9 Å². The van der Waals surface area contributed by atoms with Crippen LogP contribution in [-0.4, -0.2) is 40.2 Å². The summed E-state index contributed by atoms with van der Waals surface area (Å²) in [6.07, 6.45) is 0.384. The Morgan fingerprint density at radius 2 is 1.07 bits per heavy atom. The molecule has 0 aliphatic carbocycles. The Hall–Kier alpha value is -4.53.